The third-order valence-corrected chi connectivity index (χ3v) is 3.04. The highest BCUT2D eigenvalue weighted by Gasteiger charge is 2.21. The molecular weight excluding hydrogens is 292 g/mol. The molecule has 0 aliphatic carbocycles. The summed E-state index contributed by atoms with van der Waals surface area (Å²) in [5.41, 5.74) is 1.09. The van der Waals surface area contributed by atoms with Gasteiger partial charge in [0.1, 0.15) is 11.7 Å². The maximum absolute atomic E-state index is 12.5. The summed E-state index contributed by atoms with van der Waals surface area (Å²) in [5, 5.41) is 9.20. The number of nitrogens with zero attached hydrogens (tertiary/aromatic N) is 2. The Bertz CT molecular complexity index is 530. The number of pyridine rings is 1. The molecule has 1 aromatic heterocycles. The van der Waals surface area contributed by atoms with Gasteiger partial charge in [-0.05, 0) is 24.0 Å². The van der Waals surface area contributed by atoms with Crippen molar-refractivity contribution >= 4 is 23.5 Å². The van der Waals surface area contributed by atoms with E-state index in [1.807, 2.05) is 27.7 Å². The molecule has 6 heteroatoms. The lowest BCUT2D eigenvalue weighted by molar-refractivity contribution is -0.137. The molecule has 0 unspecified atom stereocenters. The van der Waals surface area contributed by atoms with Gasteiger partial charge in [0.05, 0.1) is 0 Å². The molecule has 0 radical (unpaired) electrons. The van der Waals surface area contributed by atoms with Gasteiger partial charge in [0.2, 0.25) is 0 Å². The second kappa shape index (κ2) is 7.41. The van der Waals surface area contributed by atoms with Crippen molar-refractivity contribution in [1.82, 2.24) is 9.88 Å². The average molecular weight is 313 g/mol. The van der Waals surface area contributed by atoms with Gasteiger partial charge < -0.3 is 10.0 Å². The molecule has 1 rings (SSSR count). The number of hydrogen-bond acceptors (Lipinski definition) is 3. The molecule has 1 heterocycles. The number of amides is 1. The van der Waals surface area contributed by atoms with E-state index in [2.05, 4.69) is 4.98 Å². The van der Waals surface area contributed by atoms with Gasteiger partial charge in [-0.25, -0.2) is 4.98 Å². The van der Waals surface area contributed by atoms with Crippen LogP contribution >= 0.6 is 11.6 Å². The molecule has 0 spiro atoms. The first-order valence-electron chi connectivity index (χ1n) is 6.89. The first-order valence-corrected chi connectivity index (χ1v) is 7.27. The lowest BCUT2D eigenvalue weighted by atomic mass is 10.1. The van der Waals surface area contributed by atoms with E-state index in [0.717, 1.165) is 0 Å². The zero-order chi connectivity index (χ0) is 16.2. The number of aromatic nitrogens is 1. The van der Waals surface area contributed by atoms with Crippen molar-refractivity contribution in [2.75, 3.05) is 13.1 Å². The third kappa shape index (κ3) is 5.34. The van der Waals surface area contributed by atoms with Crippen molar-refractivity contribution in [3.63, 3.8) is 0 Å². The summed E-state index contributed by atoms with van der Waals surface area (Å²) in [4.78, 5) is 29.0. The van der Waals surface area contributed by atoms with Gasteiger partial charge in [0, 0.05) is 17.8 Å². The Morgan fingerprint density at radius 1 is 1.29 bits per heavy atom. The molecule has 21 heavy (non-hydrogen) atoms. The number of rotatable bonds is 6. The van der Waals surface area contributed by atoms with E-state index in [4.69, 9.17) is 16.7 Å². The first kappa shape index (κ1) is 17.4. The standard InChI is InChI=1S/C15H21ClN2O3/c1-9(2)7-18(8-14(19)20)15(21)11-5-12(10(3)4)17-13(16)6-11/h5-6,9-10H,7-8H2,1-4H3,(H,19,20). The molecule has 0 saturated carbocycles. The van der Waals surface area contributed by atoms with Crippen LogP contribution in [0.2, 0.25) is 5.15 Å². The van der Waals surface area contributed by atoms with E-state index in [0.29, 0.717) is 17.8 Å². The van der Waals surface area contributed by atoms with Gasteiger partial charge in [-0.15, -0.1) is 0 Å². The van der Waals surface area contributed by atoms with Crippen LogP contribution in [0.25, 0.3) is 0 Å². The number of aliphatic carboxylic acids is 1. The molecule has 1 amide bonds. The predicted octanol–water partition coefficient (Wildman–Crippen LogP) is 3.04. The highest BCUT2D eigenvalue weighted by atomic mass is 35.5. The smallest absolute Gasteiger partial charge is 0.323 e. The van der Waals surface area contributed by atoms with Crippen molar-refractivity contribution in [3.8, 4) is 0 Å². The summed E-state index contributed by atoms with van der Waals surface area (Å²) in [6.07, 6.45) is 0. The number of hydrogen-bond donors (Lipinski definition) is 1. The van der Waals surface area contributed by atoms with Gasteiger partial charge in [0.25, 0.3) is 5.91 Å². The van der Waals surface area contributed by atoms with Crippen LogP contribution in [-0.4, -0.2) is 40.0 Å². The minimum Gasteiger partial charge on any atom is -0.480 e. The van der Waals surface area contributed by atoms with Crippen LogP contribution in [0, 0.1) is 5.92 Å². The fourth-order valence-corrected chi connectivity index (χ4v) is 2.16. The number of halogens is 1. The SMILES string of the molecule is CC(C)CN(CC(=O)O)C(=O)c1cc(Cl)nc(C(C)C)c1. The molecule has 5 nitrogen and oxygen atoms in total. The summed E-state index contributed by atoms with van der Waals surface area (Å²) < 4.78 is 0. The molecule has 1 N–H and O–H groups in total. The second-order valence-corrected chi connectivity index (χ2v) is 6.12. The van der Waals surface area contributed by atoms with E-state index < -0.39 is 5.97 Å². The van der Waals surface area contributed by atoms with Crippen molar-refractivity contribution < 1.29 is 14.7 Å². The van der Waals surface area contributed by atoms with Crippen LogP contribution in [0.15, 0.2) is 12.1 Å². The van der Waals surface area contributed by atoms with Gasteiger partial charge in [-0.3, -0.25) is 9.59 Å². The fraction of sp³-hybridized carbons (Fsp3) is 0.533. The summed E-state index contributed by atoms with van der Waals surface area (Å²) in [5.74, 6) is -1.06. The van der Waals surface area contributed by atoms with E-state index in [9.17, 15) is 9.59 Å². The normalized spacial score (nSPS) is 11.0. The maximum atomic E-state index is 12.5. The zero-order valence-electron chi connectivity index (χ0n) is 12.8. The molecular formula is C15H21ClN2O3. The van der Waals surface area contributed by atoms with Crippen LogP contribution in [0.1, 0.15) is 49.7 Å². The number of carboxylic acid groups (broad SMARTS) is 1. The number of carboxylic acids is 1. The Morgan fingerprint density at radius 2 is 1.90 bits per heavy atom. The van der Waals surface area contributed by atoms with E-state index in [-0.39, 0.29) is 29.4 Å². The van der Waals surface area contributed by atoms with Crippen LogP contribution in [0.5, 0.6) is 0 Å². The number of carbonyl (C=O) groups is 2. The zero-order valence-corrected chi connectivity index (χ0v) is 13.5. The van der Waals surface area contributed by atoms with Gasteiger partial charge in [-0.2, -0.15) is 0 Å². The maximum Gasteiger partial charge on any atom is 0.323 e. The second-order valence-electron chi connectivity index (χ2n) is 5.73. The average Bonchev–Trinajstić information content (AvgIpc) is 2.35. The van der Waals surface area contributed by atoms with Crippen LogP contribution < -0.4 is 0 Å². The molecule has 0 saturated heterocycles. The highest BCUT2D eigenvalue weighted by molar-refractivity contribution is 6.29. The molecule has 0 aliphatic heterocycles. The summed E-state index contributed by atoms with van der Waals surface area (Å²) in [7, 11) is 0. The first-order chi connectivity index (χ1) is 9.70. The summed E-state index contributed by atoms with van der Waals surface area (Å²) in [6.45, 7) is 7.82. The fourth-order valence-electron chi connectivity index (χ4n) is 1.94. The van der Waals surface area contributed by atoms with Crippen molar-refractivity contribution in [3.05, 3.63) is 28.5 Å². The molecule has 0 fully saturated rings. The Hall–Kier alpha value is -1.62. The minimum absolute atomic E-state index is 0.133. The van der Waals surface area contributed by atoms with Crippen molar-refractivity contribution in [2.45, 2.75) is 33.6 Å². The van der Waals surface area contributed by atoms with E-state index in [1.165, 1.54) is 11.0 Å². The summed E-state index contributed by atoms with van der Waals surface area (Å²) >= 11 is 5.96. The highest BCUT2D eigenvalue weighted by Crippen LogP contribution is 2.19. The van der Waals surface area contributed by atoms with Crippen molar-refractivity contribution in [1.29, 1.82) is 0 Å². The summed E-state index contributed by atoms with van der Waals surface area (Å²) in [6, 6.07) is 3.15. The third-order valence-electron chi connectivity index (χ3n) is 2.85. The molecule has 0 bridgehead atoms. The van der Waals surface area contributed by atoms with Gasteiger partial charge in [-0.1, -0.05) is 39.3 Å². The Balaban J connectivity index is 3.10. The van der Waals surface area contributed by atoms with E-state index >= 15 is 0 Å². The number of carbonyl (C=O) groups excluding carboxylic acids is 1. The Labute approximate surface area is 129 Å². The van der Waals surface area contributed by atoms with Crippen molar-refractivity contribution in [2.24, 2.45) is 5.92 Å². The van der Waals surface area contributed by atoms with Gasteiger partial charge in [0.15, 0.2) is 0 Å². The monoisotopic (exact) mass is 312 g/mol. The minimum atomic E-state index is -1.03. The molecule has 1 aromatic rings. The molecule has 116 valence electrons. The quantitative estimate of drug-likeness (QED) is 0.820. The van der Waals surface area contributed by atoms with Gasteiger partial charge >= 0.3 is 5.97 Å². The Morgan fingerprint density at radius 3 is 2.38 bits per heavy atom. The van der Waals surface area contributed by atoms with E-state index in [1.54, 1.807) is 6.07 Å². The lowest BCUT2D eigenvalue weighted by Gasteiger charge is -2.23. The molecule has 0 aromatic carbocycles. The Kier molecular flexibility index (Phi) is 6.15. The lowest BCUT2D eigenvalue weighted by Crippen LogP contribution is -2.38. The predicted molar refractivity (Wildman–Crippen MR) is 81.7 cm³/mol. The molecule has 0 atom stereocenters. The molecule has 0 aliphatic rings. The van der Waals surface area contributed by atoms with Crippen LogP contribution in [0.3, 0.4) is 0 Å². The topological polar surface area (TPSA) is 70.5 Å². The van der Waals surface area contributed by atoms with Crippen LogP contribution in [0.4, 0.5) is 0 Å². The van der Waals surface area contributed by atoms with Crippen LogP contribution in [-0.2, 0) is 4.79 Å². The largest absolute Gasteiger partial charge is 0.480 e.